The molecule has 2 N–H and O–H groups in total. The first-order chi connectivity index (χ1) is 13.0. The van der Waals surface area contributed by atoms with Crippen molar-refractivity contribution in [3.05, 3.63) is 10.6 Å². The van der Waals surface area contributed by atoms with Crippen molar-refractivity contribution < 1.29 is 23.9 Å². The Morgan fingerprint density at radius 1 is 1.19 bits per heavy atom. The minimum atomic E-state index is -1.12. The molecule has 0 aromatic rings. The Hall–Kier alpha value is -1.38. The molecule has 8 heteroatoms. The smallest absolute Gasteiger partial charge is 0.319 e. The van der Waals surface area contributed by atoms with E-state index in [4.69, 9.17) is 20.0 Å². The maximum Gasteiger partial charge on any atom is 0.319 e. The molecular formula is C19H26N2O5S. The predicted octanol–water partition coefficient (Wildman–Crippen LogP) is 2.69. The van der Waals surface area contributed by atoms with Crippen molar-refractivity contribution in [1.29, 1.82) is 0 Å². The second-order valence-corrected chi connectivity index (χ2v) is 10.4. The summed E-state index contributed by atoms with van der Waals surface area (Å²) in [6.45, 7) is 2.91. The van der Waals surface area contributed by atoms with Crippen LogP contribution < -0.4 is 5.73 Å². The monoisotopic (exact) mass is 394 g/mol. The third-order valence-corrected chi connectivity index (χ3v) is 8.58. The van der Waals surface area contributed by atoms with Gasteiger partial charge in [-0.25, -0.2) is 0 Å². The summed E-state index contributed by atoms with van der Waals surface area (Å²) in [7, 11) is -1.12. The second kappa shape index (κ2) is 6.32. The van der Waals surface area contributed by atoms with Gasteiger partial charge < -0.3 is 15.2 Å². The van der Waals surface area contributed by atoms with Crippen molar-refractivity contribution >= 4 is 26.9 Å². The molecule has 1 unspecified atom stereocenters. The number of amides is 1. The van der Waals surface area contributed by atoms with Crippen LogP contribution in [0, 0.1) is 23.2 Å². The molecule has 6 aliphatic rings. The van der Waals surface area contributed by atoms with E-state index in [-0.39, 0.29) is 11.1 Å². The summed E-state index contributed by atoms with van der Waals surface area (Å²) >= 11 is 0. The maximum absolute atomic E-state index is 13.4. The number of carbonyl (C=O) groups is 2. The first-order valence-corrected chi connectivity index (χ1v) is 11.1. The molecule has 1 amide bonds. The molecule has 0 radical (unpaired) electrons. The van der Waals surface area contributed by atoms with E-state index in [0.717, 1.165) is 29.9 Å². The number of nitrogens with zero attached hydrogens (tertiary/aromatic N) is 1. The molecule has 2 heterocycles. The lowest BCUT2D eigenvalue weighted by molar-refractivity contribution is -0.167. The van der Waals surface area contributed by atoms with E-state index in [1.807, 2.05) is 6.92 Å². The second-order valence-electron chi connectivity index (χ2n) is 8.55. The Balaban J connectivity index is 1.45. The van der Waals surface area contributed by atoms with Crippen molar-refractivity contribution in [1.82, 2.24) is 5.06 Å². The first kappa shape index (κ1) is 17.7. The molecule has 4 saturated carbocycles. The zero-order chi connectivity index (χ0) is 18.8. The van der Waals surface area contributed by atoms with Crippen LogP contribution in [0.5, 0.6) is 0 Å². The van der Waals surface area contributed by atoms with Gasteiger partial charge in [-0.05, 0) is 73.7 Å². The van der Waals surface area contributed by atoms with E-state index in [9.17, 15) is 9.59 Å². The molecular weight excluding hydrogens is 368 g/mol. The van der Waals surface area contributed by atoms with E-state index in [1.54, 1.807) is 0 Å². The molecule has 2 aliphatic heterocycles. The number of hydrogen-bond acceptors (Lipinski definition) is 6. The van der Waals surface area contributed by atoms with E-state index in [0.29, 0.717) is 37.6 Å². The quantitative estimate of drug-likeness (QED) is 0.585. The van der Waals surface area contributed by atoms with Crippen LogP contribution in [0.3, 0.4) is 0 Å². The van der Waals surface area contributed by atoms with Crippen molar-refractivity contribution in [2.24, 2.45) is 28.9 Å². The molecule has 1 atom stereocenters. The highest BCUT2D eigenvalue weighted by Gasteiger charge is 2.56. The number of hydrogen-bond donors (Lipinski definition) is 1. The summed E-state index contributed by atoms with van der Waals surface area (Å²) in [4.78, 5) is 32.0. The van der Waals surface area contributed by atoms with Crippen LogP contribution in [-0.4, -0.2) is 41.3 Å². The molecule has 0 aromatic heterocycles. The van der Waals surface area contributed by atoms with Crippen LogP contribution >= 0.6 is 10.5 Å². The van der Waals surface area contributed by atoms with Gasteiger partial charge in [0.2, 0.25) is 0 Å². The molecule has 0 aromatic carbocycles. The van der Waals surface area contributed by atoms with Gasteiger partial charge in [-0.1, -0.05) is 0 Å². The van der Waals surface area contributed by atoms with Gasteiger partial charge in [0.15, 0.2) is 0 Å². The lowest BCUT2D eigenvalue weighted by Crippen LogP contribution is -2.51. The highest BCUT2D eigenvalue weighted by molar-refractivity contribution is 8.31. The minimum Gasteiger partial charge on any atom is -0.400 e. The molecule has 0 spiro atoms. The number of nitrogens with two attached hydrogens (primary N) is 1. The Labute approximate surface area is 161 Å². The number of carbonyl (C=O) groups excluding carboxylic acids is 2. The molecule has 0 saturated heterocycles. The van der Waals surface area contributed by atoms with Crippen LogP contribution in [0.15, 0.2) is 10.6 Å². The lowest BCUT2D eigenvalue weighted by atomic mass is 9.49. The Morgan fingerprint density at radius 3 is 2.37 bits per heavy atom. The molecule has 7 nitrogen and oxygen atoms in total. The molecule has 6 rings (SSSR count). The third-order valence-electron chi connectivity index (χ3n) is 6.74. The van der Waals surface area contributed by atoms with Crippen molar-refractivity contribution in [2.45, 2.75) is 45.4 Å². The molecule has 4 fully saturated rings. The van der Waals surface area contributed by atoms with Gasteiger partial charge >= 0.3 is 5.97 Å². The fourth-order valence-electron chi connectivity index (χ4n) is 6.15. The summed E-state index contributed by atoms with van der Waals surface area (Å²) in [5.41, 5.74) is 6.04. The van der Waals surface area contributed by atoms with Gasteiger partial charge in [0.25, 0.3) is 10.4 Å². The van der Waals surface area contributed by atoms with E-state index in [2.05, 4.69) is 0 Å². The average molecular weight is 394 g/mol. The Bertz CT molecular complexity index is 739. The zero-order valence-corrected chi connectivity index (χ0v) is 16.4. The first-order valence-electron chi connectivity index (χ1n) is 9.86. The number of primary amides is 1. The van der Waals surface area contributed by atoms with Crippen molar-refractivity contribution in [3.63, 3.8) is 0 Å². The van der Waals surface area contributed by atoms with Crippen LogP contribution in [0.4, 0.5) is 4.79 Å². The minimum absolute atomic E-state index is 0.192. The normalized spacial score (nSPS) is 39.3. The summed E-state index contributed by atoms with van der Waals surface area (Å²) in [6.07, 6.45) is 6.52. The highest BCUT2D eigenvalue weighted by atomic mass is 32.2. The average Bonchev–Trinajstić information content (AvgIpc) is 3.16. The van der Waals surface area contributed by atoms with Gasteiger partial charge in [-0.15, -0.1) is 0 Å². The van der Waals surface area contributed by atoms with Gasteiger partial charge in [-0.3, -0.25) is 14.4 Å². The summed E-state index contributed by atoms with van der Waals surface area (Å²) in [5, 5.41) is 1.23. The van der Waals surface area contributed by atoms with Gasteiger partial charge in [0.05, 0.1) is 30.9 Å². The topological polar surface area (TPSA) is 91.1 Å². The van der Waals surface area contributed by atoms with Gasteiger partial charge in [-0.2, -0.15) is 5.06 Å². The molecule has 148 valence electrons. The van der Waals surface area contributed by atoms with Crippen molar-refractivity contribution in [2.75, 3.05) is 19.8 Å². The fourth-order valence-corrected chi connectivity index (χ4v) is 7.84. The fraction of sp³-hybridized carbons (Fsp3) is 0.737. The number of ether oxygens (including phenoxy) is 2. The standard InChI is InChI=1S/C19H26N2O5S/c1-2-25-21-14-9-24-10-15(14)27(17(20)23)18(21)26-16(22)19-6-11-3-12(7-19)5-13(4-11)8-19/h11-13H,2-10H2,1H3,(H2,20,23). The van der Waals surface area contributed by atoms with Crippen LogP contribution in [0.2, 0.25) is 0 Å². The summed E-state index contributed by atoms with van der Waals surface area (Å²) in [5.74, 6) is 1.74. The van der Waals surface area contributed by atoms with Crippen molar-refractivity contribution in [3.8, 4) is 0 Å². The highest BCUT2D eigenvalue weighted by Crippen LogP contribution is 2.60. The van der Waals surface area contributed by atoms with Crippen LogP contribution in [0.25, 0.3) is 0 Å². The van der Waals surface area contributed by atoms with Crippen LogP contribution in [0.1, 0.15) is 45.4 Å². The molecule has 27 heavy (non-hydrogen) atoms. The van der Waals surface area contributed by atoms with E-state index in [1.165, 1.54) is 24.3 Å². The zero-order valence-electron chi connectivity index (χ0n) is 15.6. The van der Waals surface area contributed by atoms with Gasteiger partial charge in [0, 0.05) is 4.91 Å². The van der Waals surface area contributed by atoms with E-state index < -0.39 is 21.1 Å². The number of esters is 1. The Morgan fingerprint density at radius 2 is 1.81 bits per heavy atom. The van der Waals surface area contributed by atoms with Gasteiger partial charge in [0.1, 0.15) is 0 Å². The summed E-state index contributed by atoms with van der Waals surface area (Å²) in [6, 6.07) is 0. The molecule has 4 aliphatic carbocycles. The largest absolute Gasteiger partial charge is 0.400 e. The van der Waals surface area contributed by atoms with Crippen LogP contribution in [-0.2, 0) is 19.1 Å². The predicted molar refractivity (Wildman–Crippen MR) is 100 cm³/mol. The number of hydroxylamine groups is 2. The number of rotatable bonds is 3. The molecule has 4 bridgehead atoms. The third kappa shape index (κ3) is 2.68. The maximum atomic E-state index is 13.4. The summed E-state index contributed by atoms with van der Waals surface area (Å²) < 4.78 is 11.4. The lowest BCUT2D eigenvalue weighted by Gasteiger charge is -2.55. The Kier molecular flexibility index (Phi) is 4.14. The van der Waals surface area contributed by atoms with E-state index >= 15 is 0 Å². The SMILES string of the molecule is CCON1C2=C(COC2)S(C(N)=O)=C1OC(=O)C12CC3CC(CC(C3)C1)C2.